The predicted molar refractivity (Wildman–Crippen MR) is 46.7 cm³/mol. The van der Waals surface area contributed by atoms with Crippen LogP contribution in [0.5, 0.6) is 0 Å². The fraction of sp³-hybridized carbons (Fsp3) is 0.143. The molecule has 0 atom stereocenters. The monoisotopic (exact) mass is 284 g/mol. The highest BCUT2D eigenvalue weighted by Crippen LogP contribution is 2.21. The molecule has 0 spiro atoms. The Kier molecular flexibility index (Phi) is 3.01. The molecule has 60 valence electrons. The van der Waals surface area contributed by atoms with Crippen molar-refractivity contribution in [3.63, 3.8) is 0 Å². The molecule has 1 aromatic carbocycles. The van der Waals surface area contributed by atoms with Gasteiger partial charge in [-0.1, -0.05) is 15.9 Å². The van der Waals surface area contributed by atoms with Crippen LogP contribution < -0.4 is 0 Å². The van der Waals surface area contributed by atoms with E-state index in [0.29, 0.717) is 10.9 Å². The van der Waals surface area contributed by atoms with Gasteiger partial charge in [-0.25, -0.2) is 8.78 Å². The maximum atomic E-state index is 12.7. The van der Waals surface area contributed by atoms with Crippen LogP contribution in [0, 0.1) is 11.6 Å². The van der Waals surface area contributed by atoms with Crippen molar-refractivity contribution < 1.29 is 8.78 Å². The Bertz CT molecular complexity index is 273. The number of rotatable bonds is 1. The van der Waals surface area contributed by atoms with E-state index in [9.17, 15) is 8.78 Å². The maximum Gasteiger partial charge on any atom is 0.140 e. The van der Waals surface area contributed by atoms with Gasteiger partial charge in [-0.05, 0) is 27.6 Å². The summed E-state index contributed by atoms with van der Waals surface area (Å²) in [4.78, 5) is 0. The average molecular weight is 286 g/mol. The second kappa shape index (κ2) is 3.63. The van der Waals surface area contributed by atoms with E-state index in [1.807, 2.05) is 0 Å². The lowest BCUT2D eigenvalue weighted by Crippen LogP contribution is -1.88. The SMILES string of the molecule is Fc1cc(F)c(CBr)cc1Br. The molecule has 1 rings (SSSR count). The van der Waals surface area contributed by atoms with Crippen LogP contribution in [0.1, 0.15) is 5.56 Å². The van der Waals surface area contributed by atoms with Crippen molar-refractivity contribution in [3.8, 4) is 0 Å². The second-order valence-corrected chi connectivity index (χ2v) is 3.41. The van der Waals surface area contributed by atoms with Gasteiger partial charge in [-0.2, -0.15) is 0 Å². The van der Waals surface area contributed by atoms with E-state index in [4.69, 9.17) is 0 Å². The molecule has 1 aromatic rings. The van der Waals surface area contributed by atoms with E-state index in [1.54, 1.807) is 0 Å². The van der Waals surface area contributed by atoms with E-state index in [0.717, 1.165) is 6.07 Å². The summed E-state index contributed by atoms with van der Waals surface area (Å²) in [7, 11) is 0. The van der Waals surface area contributed by atoms with Gasteiger partial charge in [0.15, 0.2) is 0 Å². The molecule has 11 heavy (non-hydrogen) atoms. The maximum absolute atomic E-state index is 12.7. The Hall–Kier alpha value is 0.0400. The fourth-order valence-electron chi connectivity index (χ4n) is 0.666. The van der Waals surface area contributed by atoms with Crippen LogP contribution in [0.4, 0.5) is 8.78 Å². The summed E-state index contributed by atoms with van der Waals surface area (Å²) in [6.07, 6.45) is 0. The highest BCUT2D eigenvalue weighted by Gasteiger charge is 2.05. The van der Waals surface area contributed by atoms with Crippen molar-refractivity contribution in [2.45, 2.75) is 5.33 Å². The van der Waals surface area contributed by atoms with Crippen LogP contribution in [-0.2, 0) is 5.33 Å². The molecule has 0 unspecified atom stereocenters. The fourth-order valence-corrected chi connectivity index (χ4v) is 1.49. The van der Waals surface area contributed by atoms with Gasteiger partial charge in [-0.3, -0.25) is 0 Å². The van der Waals surface area contributed by atoms with Crippen molar-refractivity contribution >= 4 is 31.9 Å². The lowest BCUT2D eigenvalue weighted by Gasteiger charge is -1.99. The number of hydrogen-bond acceptors (Lipinski definition) is 0. The highest BCUT2D eigenvalue weighted by atomic mass is 79.9. The Labute approximate surface area is 79.9 Å². The molecule has 4 heteroatoms. The first-order valence-corrected chi connectivity index (χ1v) is 4.76. The van der Waals surface area contributed by atoms with Gasteiger partial charge in [0.05, 0.1) is 4.47 Å². The number of halogens is 4. The van der Waals surface area contributed by atoms with E-state index >= 15 is 0 Å². The molecule has 0 saturated heterocycles. The molecule has 0 nitrogen and oxygen atoms in total. The quantitative estimate of drug-likeness (QED) is 0.546. The van der Waals surface area contributed by atoms with Crippen molar-refractivity contribution in [1.82, 2.24) is 0 Å². The van der Waals surface area contributed by atoms with Gasteiger partial charge in [0.25, 0.3) is 0 Å². The van der Waals surface area contributed by atoms with Crippen LogP contribution in [0.3, 0.4) is 0 Å². The molecule has 0 bridgehead atoms. The summed E-state index contributed by atoms with van der Waals surface area (Å²) >= 11 is 6.04. The minimum atomic E-state index is -0.577. The molecule has 0 N–H and O–H groups in total. The van der Waals surface area contributed by atoms with Crippen molar-refractivity contribution in [2.75, 3.05) is 0 Å². The molecule has 0 saturated carbocycles. The standard InChI is InChI=1S/C7H4Br2F2/c8-3-4-1-5(9)7(11)2-6(4)10/h1-2H,3H2. The van der Waals surface area contributed by atoms with Crippen molar-refractivity contribution in [2.24, 2.45) is 0 Å². The van der Waals surface area contributed by atoms with Crippen LogP contribution in [0.25, 0.3) is 0 Å². The highest BCUT2D eigenvalue weighted by molar-refractivity contribution is 9.10. The zero-order valence-corrected chi connectivity index (χ0v) is 8.55. The normalized spacial score (nSPS) is 10.2. The smallest absolute Gasteiger partial charge is 0.140 e. The van der Waals surface area contributed by atoms with Crippen LogP contribution in [-0.4, -0.2) is 0 Å². The number of alkyl halides is 1. The van der Waals surface area contributed by atoms with Gasteiger partial charge >= 0.3 is 0 Å². The lowest BCUT2D eigenvalue weighted by atomic mass is 10.2. The number of benzene rings is 1. The average Bonchev–Trinajstić information content (AvgIpc) is 1.97. The van der Waals surface area contributed by atoms with Gasteiger partial charge in [0, 0.05) is 11.4 Å². The molecule has 0 amide bonds. The molecule has 0 heterocycles. The molecule has 0 fully saturated rings. The predicted octanol–water partition coefficient (Wildman–Crippen LogP) is 3.62. The van der Waals surface area contributed by atoms with Crippen LogP contribution in [0.15, 0.2) is 16.6 Å². The zero-order valence-electron chi connectivity index (χ0n) is 5.37. The van der Waals surface area contributed by atoms with Gasteiger partial charge in [0.2, 0.25) is 0 Å². The van der Waals surface area contributed by atoms with E-state index < -0.39 is 11.6 Å². The molecular weight excluding hydrogens is 282 g/mol. The molecule has 0 aliphatic carbocycles. The number of hydrogen-bond donors (Lipinski definition) is 0. The summed E-state index contributed by atoms with van der Waals surface area (Å²) in [6, 6.07) is 2.28. The Morgan fingerprint density at radius 1 is 1.18 bits per heavy atom. The van der Waals surface area contributed by atoms with Crippen LogP contribution in [0.2, 0.25) is 0 Å². The van der Waals surface area contributed by atoms with Crippen molar-refractivity contribution in [1.29, 1.82) is 0 Å². The van der Waals surface area contributed by atoms with E-state index in [1.165, 1.54) is 6.07 Å². The first-order valence-electron chi connectivity index (χ1n) is 2.84. The topological polar surface area (TPSA) is 0 Å². The molecule has 0 aromatic heterocycles. The lowest BCUT2D eigenvalue weighted by molar-refractivity contribution is 0.573. The molecule has 0 aliphatic heterocycles. The first kappa shape index (κ1) is 9.13. The Morgan fingerprint density at radius 2 is 1.82 bits per heavy atom. The Morgan fingerprint density at radius 3 is 2.36 bits per heavy atom. The molecule has 0 radical (unpaired) electrons. The Balaban J connectivity index is 3.21. The third kappa shape index (κ3) is 1.99. The third-order valence-electron chi connectivity index (χ3n) is 1.23. The van der Waals surface area contributed by atoms with Crippen LogP contribution >= 0.6 is 31.9 Å². The largest absolute Gasteiger partial charge is 0.207 e. The summed E-state index contributed by atoms with van der Waals surface area (Å²) in [5.41, 5.74) is 0.443. The summed E-state index contributed by atoms with van der Waals surface area (Å²) in [5, 5.41) is 0.387. The zero-order chi connectivity index (χ0) is 8.43. The third-order valence-corrected chi connectivity index (χ3v) is 2.45. The van der Waals surface area contributed by atoms with Gasteiger partial charge in [-0.15, -0.1) is 0 Å². The molecular formula is C7H4Br2F2. The summed E-state index contributed by atoms with van der Waals surface area (Å²) < 4.78 is 25.6. The summed E-state index contributed by atoms with van der Waals surface area (Å²) in [6.45, 7) is 0. The van der Waals surface area contributed by atoms with E-state index in [-0.39, 0.29) is 4.47 Å². The van der Waals surface area contributed by atoms with E-state index in [2.05, 4.69) is 31.9 Å². The summed E-state index contributed by atoms with van der Waals surface area (Å²) in [5.74, 6) is -1.10. The minimum absolute atomic E-state index is 0.286. The minimum Gasteiger partial charge on any atom is -0.207 e. The van der Waals surface area contributed by atoms with Crippen molar-refractivity contribution in [3.05, 3.63) is 33.8 Å². The first-order chi connectivity index (χ1) is 5.15. The second-order valence-electron chi connectivity index (χ2n) is 1.99. The van der Waals surface area contributed by atoms with Gasteiger partial charge < -0.3 is 0 Å². The molecule has 0 aliphatic rings. The van der Waals surface area contributed by atoms with Gasteiger partial charge in [0.1, 0.15) is 11.6 Å².